The first-order valence-corrected chi connectivity index (χ1v) is 7.61. The van der Waals surface area contributed by atoms with E-state index >= 15 is 0 Å². The Morgan fingerprint density at radius 3 is 2.46 bits per heavy atom. The highest BCUT2D eigenvalue weighted by atomic mass is 16.6. The number of aryl methyl sites for hydroxylation is 2. The van der Waals surface area contributed by atoms with Crippen molar-refractivity contribution in [3.05, 3.63) is 59.2 Å². The SMILES string of the molecule is COC(=O)COc1cccc(O)c1C(=O)CCc1ccc(C)cc1. The largest absolute Gasteiger partial charge is 0.507 e. The number of rotatable bonds is 7. The van der Waals surface area contributed by atoms with Gasteiger partial charge >= 0.3 is 5.97 Å². The standard InChI is InChI=1S/C19H20O5/c1-13-6-8-14(9-7-13)10-11-16(21)19-15(20)4-3-5-17(19)24-12-18(22)23-2/h3-9,20H,10-12H2,1-2H3. The average molecular weight is 328 g/mol. The van der Waals surface area contributed by atoms with E-state index in [0.29, 0.717) is 6.42 Å². The molecule has 0 aliphatic heterocycles. The fraction of sp³-hybridized carbons (Fsp3) is 0.263. The van der Waals surface area contributed by atoms with Gasteiger partial charge in [0.15, 0.2) is 12.4 Å². The van der Waals surface area contributed by atoms with Crippen LogP contribution in [0.1, 0.15) is 27.9 Å². The number of carbonyl (C=O) groups is 2. The molecule has 0 radical (unpaired) electrons. The number of phenolic OH excluding ortho intramolecular Hbond substituents is 1. The third-order valence-corrected chi connectivity index (χ3v) is 3.62. The maximum Gasteiger partial charge on any atom is 0.343 e. The summed E-state index contributed by atoms with van der Waals surface area (Å²) in [4.78, 5) is 23.7. The fourth-order valence-electron chi connectivity index (χ4n) is 2.25. The molecule has 2 rings (SSSR count). The first kappa shape index (κ1) is 17.5. The quantitative estimate of drug-likeness (QED) is 0.624. The Bertz CT molecular complexity index is 719. The van der Waals surface area contributed by atoms with Crippen molar-refractivity contribution in [3.8, 4) is 11.5 Å². The van der Waals surface area contributed by atoms with Crippen LogP contribution in [0.25, 0.3) is 0 Å². The molecule has 0 heterocycles. The van der Waals surface area contributed by atoms with Crippen molar-refractivity contribution >= 4 is 11.8 Å². The second-order valence-corrected chi connectivity index (χ2v) is 5.42. The summed E-state index contributed by atoms with van der Waals surface area (Å²) in [5.41, 5.74) is 2.29. The zero-order valence-electron chi connectivity index (χ0n) is 13.7. The molecule has 5 nitrogen and oxygen atoms in total. The van der Waals surface area contributed by atoms with Crippen molar-refractivity contribution in [2.45, 2.75) is 19.8 Å². The van der Waals surface area contributed by atoms with Gasteiger partial charge in [0.05, 0.1) is 7.11 Å². The predicted molar refractivity (Wildman–Crippen MR) is 89.4 cm³/mol. The van der Waals surface area contributed by atoms with Crippen LogP contribution in [0.2, 0.25) is 0 Å². The first-order chi connectivity index (χ1) is 11.5. The van der Waals surface area contributed by atoms with Gasteiger partial charge in [0.2, 0.25) is 0 Å². The molecule has 0 aliphatic carbocycles. The molecule has 0 saturated heterocycles. The van der Waals surface area contributed by atoms with Crippen LogP contribution < -0.4 is 4.74 Å². The number of benzene rings is 2. The molecular weight excluding hydrogens is 308 g/mol. The number of ketones is 1. The zero-order chi connectivity index (χ0) is 17.5. The normalized spacial score (nSPS) is 10.2. The van der Waals surface area contributed by atoms with E-state index in [4.69, 9.17) is 4.74 Å². The highest BCUT2D eigenvalue weighted by Gasteiger charge is 2.18. The smallest absolute Gasteiger partial charge is 0.343 e. The highest BCUT2D eigenvalue weighted by molar-refractivity contribution is 6.01. The van der Waals surface area contributed by atoms with E-state index in [9.17, 15) is 14.7 Å². The van der Waals surface area contributed by atoms with Gasteiger partial charge in [0.25, 0.3) is 0 Å². The summed E-state index contributed by atoms with van der Waals surface area (Å²) in [5.74, 6) is -0.787. The van der Waals surface area contributed by atoms with Crippen molar-refractivity contribution in [3.63, 3.8) is 0 Å². The second-order valence-electron chi connectivity index (χ2n) is 5.42. The van der Waals surface area contributed by atoms with Crippen molar-refractivity contribution in [2.75, 3.05) is 13.7 Å². The Labute approximate surface area is 140 Å². The minimum atomic E-state index is -0.559. The summed E-state index contributed by atoms with van der Waals surface area (Å²) < 4.78 is 9.81. The molecule has 5 heteroatoms. The molecule has 0 fully saturated rings. The minimum Gasteiger partial charge on any atom is -0.507 e. The Morgan fingerprint density at radius 2 is 1.79 bits per heavy atom. The molecule has 0 spiro atoms. The van der Waals surface area contributed by atoms with Crippen LogP contribution >= 0.6 is 0 Å². The third-order valence-electron chi connectivity index (χ3n) is 3.62. The third kappa shape index (κ3) is 4.59. The van der Waals surface area contributed by atoms with Crippen LogP contribution in [0.4, 0.5) is 0 Å². The van der Waals surface area contributed by atoms with Gasteiger partial charge in [-0.2, -0.15) is 0 Å². The van der Waals surface area contributed by atoms with E-state index in [1.807, 2.05) is 31.2 Å². The lowest BCUT2D eigenvalue weighted by molar-refractivity contribution is -0.142. The van der Waals surface area contributed by atoms with Crippen LogP contribution in [0.5, 0.6) is 11.5 Å². The van der Waals surface area contributed by atoms with Gasteiger partial charge in [-0.15, -0.1) is 0 Å². The zero-order valence-corrected chi connectivity index (χ0v) is 13.7. The number of hydrogen-bond donors (Lipinski definition) is 1. The second kappa shape index (κ2) is 8.15. The molecule has 24 heavy (non-hydrogen) atoms. The lowest BCUT2D eigenvalue weighted by Crippen LogP contribution is -2.14. The van der Waals surface area contributed by atoms with Crippen molar-refractivity contribution < 1.29 is 24.2 Å². The average Bonchev–Trinajstić information content (AvgIpc) is 2.58. The fourth-order valence-corrected chi connectivity index (χ4v) is 2.25. The van der Waals surface area contributed by atoms with Crippen LogP contribution in [0.3, 0.4) is 0 Å². The predicted octanol–water partition coefficient (Wildman–Crippen LogP) is 3.07. The molecule has 0 amide bonds. The lowest BCUT2D eigenvalue weighted by Gasteiger charge is -2.11. The van der Waals surface area contributed by atoms with Gasteiger partial charge < -0.3 is 14.6 Å². The summed E-state index contributed by atoms with van der Waals surface area (Å²) in [6.45, 7) is 1.68. The lowest BCUT2D eigenvalue weighted by atomic mass is 10.0. The summed E-state index contributed by atoms with van der Waals surface area (Å²) in [6.07, 6.45) is 0.791. The Kier molecular flexibility index (Phi) is 5.95. The maximum atomic E-state index is 12.5. The summed E-state index contributed by atoms with van der Waals surface area (Å²) >= 11 is 0. The summed E-state index contributed by atoms with van der Waals surface area (Å²) in [6, 6.07) is 12.4. The van der Waals surface area contributed by atoms with Crippen molar-refractivity contribution in [1.82, 2.24) is 0 Å². The van der Waals surface area contributed by atoms with E-state index in [2.05, 4.69) is 4.74 Å². The summed E-state index contributed by atoms with van der Waals surface area (Å²) in [5, 5.41) is 10.0. The Morgan fingerprint density at radius 1 is 1.08 bits per heavy atom. The Hall–Kier alpha value is -2.82. The van der Waals surface area contributed by atoms with Crippen LogP contribution in [-0.2, 0) is 16.0 Å². The molecule has 1 N–H and O–H groups in total. The Balaban J connectivity index is 2.09. The number of ether oxygens (including phenoxy) is 2. The number of phenols is 1. The highest BCUT2D eigenvalue weighted by Crippen LogP contribution is 2.29. The van der Waals surface area contributed by atoms with Gasteiger partial charge in [-0.1, -0.05) is 35.9 Å². The molecule has 2 aromatic carbocycles. The van der Waals surface area contributed by atoms with Gasteiger partial charge in [-0.05, 0) is 31.0 Å². The van der Waals surface area contributed by atoms with Gasteiger partial charge in [-0.3, -0.25) is 4.79 Å². The van der Waals surface area contributed by atoms with Crippen LogP contribution in [-0.4, -0.2) is 30.6 Å². The van der Waals surface area contributed by atoms with E-state index in [-0.39, 0.29) is 35.9 Å². The molecule has 2 aromatic rings. The topological polar surface area (TPSA) is 72.8 Å². The number of esters is 1. The molecule has 0 atom stereocenters. The van der Waals surface area contributed by atoms with Gasteiger partial charge in [0, 0.05) is 6.42 Å². The molecular formula is C19H20O5. The molecule has 0 unspecified atom stereocenters. The number of aromatic hydroxyl groups is 1. The number of methoxy groups -OCH3 is 1. The van der Waals surface area contributed by atoms with E-state index in [1.165, 1.54) is 13.2 Å². The van der Waals surface area contributed by atoms with Crippen molar-refractivity contribution in [1.29, 1.82) is 0 Å². The van der Waals surface area contributed by atoms with Gasteiger partial charge in [0.1, 0.15) is 17.1 Å². The molecule has 0 aromatic heterocycles. The monoisotopic (exact) mass is 328 g/mol. The van der Waals surface area contributed by atoms with E-state index < -0.39 is 5.97 Å². The van der Waals surface area contributed by atoms with Crippen LogP contribution in [0, 0.1) is 6.92 Å². The number of carbonyl (C=O) groups excluding carboxylic acids is 2. The maximum absolute atomic E-state index is 12.5. The van der Waals surface area contributed by atoms with E-state index in [0.717, 1.165) is 11.1 Å². The minimum absolute atomic E-state index is 0.0912. The molecule has 126 valence electrons. The summed E-state index contributed by atoms with van der Waals surface area (Å²) in [7, 11) is 1.25. The van der Waals surface area contributed by atoms with Crippen LogP contribution in [0.15, 0.2) is 42.5 Å². The van der Waals surface area contributed by atoms with Gasteiger partial charge in [-0.25, -0.2) is 4.79 Å². The molecule has 0 aliphatic rings. The number of Topliss-reactive ketones (excluding diaryl/α,β-unsaturated/α-hetero) is 1. The molecule has 0 saturated carbocycles. The van der Waals surface area contributed by atoms with E-state index in [1.54, 1.807) is 12.1 Å². The van der Waals surface area contributed by atoms with Crippen molar-refractivity contribution in [2.24, 2.45) is 0 Å². The molecule has 0 bridgehead atoms. The first-order valence-electron chi connectivity index (χ1n) is 7.61. The number of hydrogen-bond acceptors (Lipinski definition) is 5.